The van der Waals surface area contributed by atoms with Crippen molar-refractivity contribution in [3.8, 4) is 11.5 Å². The van der Waals surface area contributed by atoms with Gasteiger partial charge in [0.15, 0.2) is 0 Å². The maximum atomic E-state index is 6.10. The molecule has 3 nitrogen and oxygen atoms in total. The van der Waals surface area contributed by atoms with Gasteiger partial charge in [-0.2, -0.15) is 0 Å². The molecule has 0 aliphatic heterocycles. The third-order valence-electron chi connectivity index (χ3n) is 3.78. The second-order valence-electron chi connectivity index (χ2n) is 5.49. The number of benzene rings is 2. The number of aryl methyl sites for hydroxylation is 2. The maximum Gasteiger partial charge on any atom is 0.133 e. The Morgan fingerprint density at radius 3 is 2.77 bits per heavy atom. The zero-order valence-corrected chi connectivity index (χ0v) is 13.7. The molecule has 0 radical (unpaired) electrons. The zero-order chi connectivity index (χ0) is 15.7. The van der Waals surface area contributed by atoms with Gasteiger partial charge in [-0.15, -0.1) is 0 Å². The number of ether oxygens (including phenoxy) is 1. The average Bonchev–Trinajstić information content (AvgIpc) is 2.77. The van der Waals surface area contributed by atoms with Gasteiger partial charge in [0.1, 0.15) is 11.5 Å². The second-order valence-corrected chi connectivity index (χ2v) is 5.92. The van der Waals surface area contributed by atoms with E-state index in [2.05, 4.69) is 42.2 Å². The second kappa shape index (κ2) is 6.03. The summed E-state index contributed by atoms with van der Waals surface area (Å²) in [4.78, 5) is 0. The van der Waals surface area contributed by atoms with Crippen LogP contribution in [0, 0.1) is 6.92 Å². The molecule has 3 rings (SSSR count). The highest BCUT2D eigenvalue weighted by molar-refractivity contribution is 6.30. The van der Waals surface area contributed by atoms with E-state index in [9.17, 15) is 0 Å². The van der Waals surface area contributed by atoms with E-state index in [1.165, 1.54) is 16.5 Å². The fourth-order valence-electron chi connectivity index (χ4n) is 2.72. The highest BCUT2D eigenvalue weighted by atomic mass is 35.5. The topological polar surface area (TPSA) is 26.2 Å². The summed E-state index contributed by atoms with van der Waals surface area (Å²) in [7, 11) is 3.97. The molecular formula is C18H19ClN2O. The van der Waals surface area contributed by atoms with E-state index >= 15 is 0 Å². The first-order valence-electron chi connectivity index (χ1n) is 7.25. The monoisotopic (exact) mass is 314 g/mol. The van der Waals surface area contributed by atoms with Gasteiger partial charge >= 0.3 is 0 Å². The zero-order valence-electron chi connectivity index (χ0n) is 13.0. The van der Waals surface area contributed by atoms with E-state index in [4.69, 9.17) is 16.3 Å². The van der Waals surface area contributed by atoms with E-state index in [0.29, 0.717) is 5.02 Å². The van der Waals surface area contributed by atoms with Gasteiger partial charge in [-0.1, -0.05) is 17.7 Å². The van der Waals surface area contributed by atoms with Gasteiger partial charge in [0, 0.05) is 41.3 Å². The lowest BCUT2D eigenvalue weighted by molar-refractivity contribution is 0.475. The molecule has 3 aromatic rings. The molecule has 2 aromatic carbocycles. The molecule has 1 N–H and O–H groups in total. The minimum Gasteiger partial charge on any atom is -0.457 e. The van der Waals surface area contributed by atoms with E-state index in [1.807, 2.05) is 31.3 Å². The summed E-state index contributed by atoms with van der Waals surface area (Å²) >= 11 is 6.10. The lowest BCUT2D eigenvalue weighted by atomic mass is 10.1. The average molecular weight is 315 g/mol. The normalized spacial score (nSPS) is 11.1. The van der Waals surface area contributed by atoms with Crippen LogP contribution in [0.5, 0.6) is 11.5 Å². The number of nitrogens with zero attached hydrogens (tertiary/aromatic N) is 1. The molecule has 0 aliphatic carbocycles. The Bertz CT molecular complexity index is 823. The molecule has 0 spiro atoms. The van der Waals surface area contributed by atoms with Crippen molar-refractivity contribution in [1.82, 2.24) is 9.88 Å². The van der Waals surface area contributed by atoms with Gasteiger partial charge in [0.25, 0.3) is 0 Å². The molecule has 1 aromatic heterocycles. The molecule has 4 heteroatoms. The summed E-state index contributed by atoms with van der Waals surface area (Å²) in [5, 5.41) is 5.02. The molecule has 0 aliphatic rings. The lowest BCUT2D eigenvalue weighted by Gasteiger charge is -2.12. The van der Waals surface area contributed by atoms with Crippen molar-refractivity contribution in [2.24, 2.45) is 7.05 Å². The number of aromatic nitrogens is 1. The predicted octanol–water partition coefficient (Wildman–Crippen LogP) is 4.65. The van der Waals surface area contributed by atoms with Crippen LogP contribution >= 0.6 is 11.6 Å². The van der Waals surface area contributed by atoms with Crippen LogP contribution in [0.3, 0.4) is 0 Å². The van der Waals surface area contributed by atoms with Crippen LogP contribution < -0.4 is 10.1 Å². The van der Waals surface area contributed by atoms with Crippen molar-refractivity contribution >= 4 is 22.5 Å². The van der Waals surface area contributed by atoms with Gasteiger partial charge < -0.3 is 14.6 Å². The Labute approximate surface area is 135 Å². The summed E-state index contributed by atoms with van der Waals surface area (Å²) in [6, 6.07) is 11.9. The van der Waals surface area contributed by atoms with Crippen molar-refractivity contribution in [3.05, 3.63) is 58.7 Å². The Morgan fingerprint density at radius 1 is 1.18 bits per heavy atom. The highest BCUT2D eigenvalue weighted by Gasteiger charge is 2.08. The molecule has 114 valence electrons. The van der Waals surface area contributed by atoms with Crippen molar-refractivity contribution in [2.45, 2.75) is 13.5 Å². The SMILES string of the molecule is CNCc1ccc(Cl)cc1Oc1ccc2c(c1)c(C)cn2C. The molecule has 0 saturated carbocycles. The largest absolute Gasteiger partial charge is 0.457 e. The summed E-state index contributed by atoms with van der Waals surface area (Å²) in [5.41, 5.74) is 3.52. The summed E-state index contributed by atoms with van der Waals surface area (Å²) in [5.74, 6) is 1.61. The summed E-state index contributed by atoms with van der Waals surface area (Å²) in [6.45, 7) is 2.84. The van der Waals surface area contributed by atoms with Gasteiger partial charge in [-0.25, -0.2) is 0 Å². The minimum atomic E-state index is 0.673. The van der Waals surface area contributed by atoms with Gasteiger partial charge in [-0.3, -0.25) is 0 Å². The van der Waals surface area contributed by atoms with Crippen molar-refractivity contribution in [3.63, 3.8) is 0 Å². The van der Waals surface area contributed by atoms with Crippen LogP contribution in [0.25, 0.3) is 10.9 Å². The Morgan fingerprint density at radius 2 is 2.00 bits per heavy atom. The first kappa shape index (κ1) is 14.9. The van der Waals surface area contributed by atoms with Crippen molar-refractivity contribution in [1.29, 1.82) is 0 Å². The highest BCUT2D eigenvalue weighted by Crippen LogP contribution is 2.31. The first-order chi connectivity index (χ1) is 10.6. The molecule has 1 heterocycles. The number of halogens is 1. The molecule has 0 unspecified atom stereocenters. The molecular weight excluding hydrogens is 296 g/mol. The van der Waals surface area contributed by atoms with Crippen LogP contribution in [-0.4, -0.2) is 11.6 Å². The Balaban J connectivity index is 1.99. The quantitative estimate of drug-likeness (QED) is 0.758. The van der Waals surface area contributed by atoms with E-state index in [-0.39, 0.29) is 0 Å². The van der Waals surface area contributed by atoms with Gasteiger partial charge in [-0.05, 0) is 49.9 Å². The number of fused-ring (bicyclic) bond motifs is 1. The molecule has 0 amide bonds. The summed E-state index contributed by atoms with van der Waals surface area (Å²) < 4.78 is 8.21. The van der Waals surface area contributed by atoms with Crippen LogP contribution in [0.1, 0.15) is 11.1 Å². The molecule has 0 saturated heterocycles. The van der Waals surface area contributed by atoms with E-state index in [0.717, 1.165) is 23.6 Å². The van der Waals surface area contributed by atoms with Gasteiger partial charge in [0.2, 0.25) is 0 Å². The Hall–Kier alpha value is -1.97. The Kier molecular flexibility index (Phi) is 4.10. The van der Waals surface area contributed by atoms with Crippen molar-refractivity contribution in [2.75, 3.05) is 7.05 Å². The number of hydrogen-bond acceptors (Lipinski definition) is 2. The van der Waals surface area contributed by atoms with E-state index in [1.54, 1.807) is 0 Å². The molecule has 0 bridgehead atoms. The molecule has 22 heavy (non-hydrogen) atoms. The molecule has 0 atom stereocenters. The third kappa shape index (κ3) is 2.82. The van der Waals surface area contributed by atoms with Crippen LogP contribution in [0.15, 0.2) is 42.6 Å². The smallest absolute Gasteiger partial charge is 0.133 e. The van der Waals surface area contributed by atoms with Crippen molar-refractivity contribution < 1.29 is 4.74 Å². The van der Waals surface area contributed by atoms with Crippen LogP contribution in [0.4, 0.5) is 0 Å². The third-order valence-corrected chi connectivity index (χ3v) is 4.02. The predicted molar refractivity (Wildman–Crippen MR) is 91.9 cm³/mol. The standard InChI is InChI=1S/C18H19ClN2O/c1-12-11-21(3)17-7-6-15(9-16(12)17)22-18-8-14(19)5-4-13(18)10-20-2/h4-9,11,20H,10H2,1-3H3. The van der Waals surface area contributed by atoms with Crippen LogP contribution in [0.2, 0.25) is 5.02 Å². The maximum absolute atomic E-state index is 6.10. The fourth-order valence-corrected chi connectivity index (χ4v) is 2.88. The van der Waals surface area contributed by atoms with Crippen LogP contribution in [-0.2, 0) is 13.6 Å². The first-order valence-corrected chi connectivity index (χ1v) is 7.63. The van der Waals surface area contributed by atoms with E-state index < -0.39 is 0 Å². The lowest BCUT2D eigenvalue weighted by Crippen LogP contribution is -2.06. The fraction of sp³-hybridized carbons (Fsp3) is 0.222. The summed E-state index contributed by atoms with van der Waals surface area (Å²) in [6.07, 6.45) is 2.13. The molecule has 0 fully saturated rings. The van der Waals surface area contributed by atoms with Gasteiger partial charge in [0.05, 0.1) is 0 Å². The minimum absolute atomic E-state index is 0.673. The number of hydrogen-bond donors (Lipinski definition) is 1. The number of rotatable bonds is 4. The number of nitrogens with one attached hydrogen (secondary N) is 1.